The quantitative estimate of drug-likeness (QED) is 0.815. The summed E-state index contributed by atoms with van der Waals surface area (Å²) in [6, 6.07) is 5.71. The summed E-state index contributed by atoms with van der Waals surface area (Å²) in [6.45, 7) is 4.58. The highest BCUT2D eigenvalue weighted by Crippen LogP contribution is 2.31. The number of piperidine rings is 1. The molecule has 1 N–H and O–H groups in total. The molecule has 0 saturated carbocycles. The monoisotopic (exact) mass is 353 g/mol. The first-order valence-corrected chi connectivity index (χ1v) is 8.47. The molecule has 0 aromatic heterocycles. The van der Waals surface area contributed by atoms with Crippen molar-refractivity contribution < 1.29 is 28.6 Å². The number of carboxylic acids is 1. The minimum absolute atomic E-state index is 0.0862. The van der Waals surface area contributed by atoms with E-state index in [4.69, 9.17) is 9.47 Å². The molecule has 1 saturated heterocycles. The Hall–Kier alpha value is -2.15. The number of hydrogen-bond acceptors (Lipinski definition) is 4. The molecular weight excluding hydrogens is 329 g/mol. The van der Waals surface area contributed by atoms with Crippen molar-refractivity contribution in [1.82, 2.24) is 4.90 Å². The number of carbonyl (C=O) groups excluding carboxylic acids is 1. The molecular formula is C18H24FNO5. The molecule has 7 heteroatoms. The Morgan fingerprint density at radius 1 is 1.32 bits per heavy atom. The van der Waals surface area contributed by atoms with Crippen molar-refractivity contribution in [2.75, 3.05) is 19.7 Å². The maximum Gasteiger partial charge on any atom is 0.348 e. The Kier molecular flexibility index (Phi) is 6.36. The maximum atomic E-state index is 13.8. The standard InChI is InChI=1S/C18H24FNO5/c1-3-12-24-13(2)16(21)20-10-8-18(9-11-20,17(22)23)25-15-7-5-4-6-14(15)19/h4-7,13H,3,8-12H2,1-2H3,(H,22,23). The van der Waals surface area contributed by atoms with E-state index in [-0.39, 0.29) is 37.6 Å². The molecule has 1 unspecified atom stereocenters. The molecule has 1 aliphatic heterocycles. The largest absolute Gasteiger partial charge is 0.478 e. The second kappa shape index (κ2) is 8.29. The van der Waals surface area contributed by atoms with Crippen LogP contribution in [0.25, 0.3) is 0 Å². The zero-order chi connectivity index (χ0) is 18.4. The van der Waals surface area contributed by atoms with E-state index in [0.29, 0.717) is 6.61 Å². The summed E-state index contributed by atoms with van der Waals surface area (Å²) >= 11 is 0. The van der Waals surface area contributed by atoms with Crippen molar-refractivity contribution in [2.45, 2.75) is 44.8 Å². The van der Waals surface area contributed by atoms with Gasteiger partial charge in [-0.3, -0.25) is 4.79 Å². The van der Waals surface area contributed by atoms with E-state index in [1.807, 2.05) is 6.92 Å². The van der Waals surface area contributed by atoms with Crippen LogP contribution in [0, 0.1) is 5.82 Å². The summed E-state index contributed by atoms with van der Waals surface area (Å²) < 4.78 is 24.8. The number of para-hydroxylation sites is 1. The first kappa shape index (κ1) is 19.2. The van der Waals surface area contributed by atoms with Crippen molar-refractivity contribution in [3.05, 3.63) is 30.1 Å². The third kappa shape index (κ3) is 4.48. The third-order valence-corrected chi connectivity index (χ3v) is 4.33. The highest BCUT2D eigenvalue weighted by Gasteiger charge is 2.45. The Labute approximate surface area is 146 Å². The van der Waals surface area contributed by atoms with E-state index in [0.717, 1.165) is 6.42 Å². The zero-order valence-corrected chi connectivity index (χ0v) is 14.5. The van der Waals surface area contributed by atoms with Gasteiger partial charge in [0.15, 0.2) is 11.6 Å². The molecule has 0 spiro atoms. The molecule has 1 heterocycles. The molecule has 1 aromatic carbocycles. The predicted octanol–water partition coefficient (Wildman–Crippen LogP) is 2.47. The summed E-state index contributed by atoms with van der Waals surface area (Å²) in [6.07, 6.45) is 0.423. The van der Waals surface area contributed by atoms with Crippen LogP contribution in [-0.4, -0.2) is 53.3 Å². The maximum absolute atomic E-state index is 13.8. The summed E-state index contributed by atoms with van der Waals surface area (Å²) in [5, 5.41) is 9.62. The van der Waals surface area contributed by atoms with Gasteiger partial charge in [0.1, 0.15) is 6.10 Å². The van der Waals surface area contributed by atoms with Crippen LogP contribution in [0.1, 0.15) is 33.1 Å². The number of carbonyl (C=O) groups is 2. The van der Waals surface area contributed by atoms with Gasteiger partial charge in [0.25, 0.3) is 5.91 Å². The predicted molar refractivity (Wildman–Crippen MR) is 88.9 cm³/mol. The Bertz CT molecular complexity index is 613. The number of amides is 1. The van der Waals surface area contributed by atoms with Crippen LogP contribution in [-0.2, 0) is 14.3 Å². The summed E-state index contributed by atoms with van der Waals surface area (Å²) in [4.78, 5) is 25.7. The van der Waals surface area contributed by atoms with Gasteiger partial charge in [0.2, 0.25) is 5.60 Å². The van der Waals surface area contributed by atoms with Gasteiger partial charge in [0, 0.05) is 32.5 Å². The summed E-state index contributed by atoms with van der Waals surface area (Å²) in [7, 11) is 0. The van der Waals surface area contributed by atoms with E-state index in [2.05, 4.69) is 0 Å². The molecule has 6 nitrogen and oxygen atoms in total. The fraction of sp³-hybridized carbons (Fsp3) is 0.556. The molecule has 25 heavy (non-hydrogen) atoms. The number of benzene rings is 1. The fourth-order valence-corrected chi connectivity index (χ4v) is 2.81. The van der Waals surface area contributed by atoms with Gasteiger partial charge in [-0.1, -0.05) is 19.1 Å². The lowest BCUT2D eigenvalue weighted by molar-refractivity contribution is -0.163. The van der Waals surface area contributed by atoms with Crippen molar-refractivity contribution in [3.8, 4) is 5.75 Å². The second-order valence-corrected chi connectivity index (χ2v) is 6.17. The summed E-state index contributed by atoms with van der Waals surface area (Å²) in [5.41, 5.74) is -1.54. The SMILES string of the molecule is CCCOC(C)C(=O)N1CCC(Oc2ccccc2F)(C(=O)O)CC1. The van der Waals surface area contributed by atoms with Crippen molar-refractivity contribution in [2.24, 2.45) is 0 Å². The average molecular weight is 353 g/mol. The van der Waals surface area contributed by atoms with Crippen LogP contribution in [0.15, 0.2) is 24.3 Å². The molecule has 1 amide bonds. The van der Waals surface area contributed by atoms with Gasteiger partial charge in [-0.25, -0.2) is 9.18 Å². The Morgan fingerprint density at radius 2 is 1.96 bits per heavy atom. The molecule has 2 rings (SSSR count). The van der Waals surface area contributed by atoms with E-state index in [9.17, 15) is 19.1 Å². The van der Waals surface area contributed by atoms with E-state index >= 15 is 0 Å². The van der Waals surface area contributed by atoms with E-state index in [1.165, 1.54) is 18.2 Å². The number of rotatable bonds is 7. The van der Waals surface area contributed by atoms with Crippen LogP contribution in [0.3, 0.4) is 0 Å². The fourth-order valence-electron chi connectivity index (χ4n) is 2.81. The Morgan fingerprint density at radius 3 is 2.52 bits per heavy atom. The third-order valence-electron chi connectivity index (χ3n) is 4.33. The lowest BCUT2D eigenvalue weighted by Crippen LogP contribution is -2.55. The van der Waals surface area contributed by atoms with E-state index < -0.39 is 23.5 Å². The van der Waals surface area contributed by atoms with Crippen molar-refractivity contribution >= 4 is 11.9 Å². The highest BCUT2D eigenvalue weighted by molar-refractivity contribution is 5.82. The smallest absolute Gasteiger partial charge is 0.348 e. The number of halogens is 1. The highest BCUT2D eigenvalue weighted by atomic mass is 19.1. The first-order chi connectivity index (χ1) is 11.9. The van der Waals surface area contributed by atoms with Crippen LogP contribution in [0.2, 0.25) is 0 Å². The van der Waals surface area contributed by atoms with Crippen LogP contribution in [0.5, 0.6) is 5.75 Å². The van der Waals surface area contributed by atoms with E-state index in [1.54, 1.807) is 17.9 Å². The van der Waals surface area contributed by atoms with Crippen molar-refractivity contribution in [3.63, 3.8) is 0 Å². The molecule has 1 fully saturated rings. The lowest BCUT2D eigenvalue weighted by atomic mass is 9.90. The van der Waals surface area contributed by atoms with Crippen molar-refractivity contribution in [1.29, 1.82) is 0 Å². The minimum Gasteiger partial charge on any atom is -0.478 e. The number of ether oxygens (including phenoxy) is 2. The average Bonchev–Trinajstić information content (AvgIpc) is 2.61. The minimum atomic E-state index is -1.54. The molecule has 1 aromatic rings. The number of likely N-dealkylation sites (tertiary alicyclic amines) is 1. The first-order valence-electron chi connectivity index (χ1n) is 8.47. The lowest BCUT2D eigenvalue weighted by Gasteiger charge is -2.39. The molecule has 138 valence electrons. The van der Waals surface area contributed by atoms with Crippen LogP contribution in [0.4, 0.5) is 4.39 Å². The van der Waals surface area contributed by atoms with Gasteiger partial charge < -0.3 is 19.5 Å². The molecule has 0 radical (unpaired) electrons. The zero-order valence-electron chi connectivity index (χ0n) is 14.5. The molecule has 1 aliphatic rings. The second-order valence-electron chi connectivity index (χ2n) is 6.17. The number of carboxylic acid groups (broad SMARTS) is 1. The van der Waals surface area contributed by atoms with Crippen LogP contribution >= 0.6 is 0 Å². The number of nitrogens with zero attached hydrogens (tertiary/aromatic N) is 1. The normalized spacial score (nSPS) is 17.8. The number of hydrogen-bond donors (Lipinski definition) is 1. The van der Waals surface area contributed by atoms with Gasteiger partial charge in [-0.15, -0.1) is 0 Å². The molecule has 0 aliphatic carbocycles. The topological polar surface area (TPSA) is 76.1 Å². The molecule has 0 bridgehead atoms. The van der Waals surface area contributed by atoms with Gasteiger partial charge in [0.05, 0.1) is 0 Å². The van der Waals surface area contributed by atoms with Gasteiger partial charge in [-0.2, -0.15) is 0 Å². The van der Waals surface area contributed by atoms with Crippen LogP contribution < -0.4 is 4.74 Å². The Balaban J connectivity index is 2.04. The van der Waals surface area contributed by atoms with Gasteiger partial charge in [-0.05, 0) is 25.5 Å². The molecule has 1 atom stereocenters. The number of aliphatic carboxylic acids is 1. The summed E-state index contributed by atoms with van der Waals surface area (Å²) in [5.74, 6) is -2.02. The van der Waals surface area contributed by atoms with Gasteiger partial charge >= 0.3 is 5.97 Å².